The summed E-state index contributed by atoms with van der Waals surface area (Å²) < 4.78 is 10.6. The summed E-state index contributed by atoms with van der Waals surface area (Å²) in [5.41, 5.74) is 2.52. The van der Waals surface area contributed by atoms with Crippen molar-refractivity contribution in [3.63, 3.8) is 0 Å². The molecule has 0 spiro atoms. The van der Waals surface area contributed by atoms with E-state index in [4.69, 9.17) is 9.47 Å². The molecular weight excluding hydrogens is 420 g/mol. The molecule has 2 heterocycles. The highest BCUT2D eigenvalue weighted by atomic mass is 16.5. The number of amides is 1. The smallest absolute Gasteiger partial charge is 0.296 e. The predicted octanol–water partition coefficient (Wildman–Crippen LogP) is 4.03. The molecule has 1 N–H and O–H groups in total. The average Bonchev–Trinajstić information content (AvgIpc) is 3.09. The SMILES string of the molecule is COc1cccc(C2/C(=C(/O)c3ccc(OC)c(C)c3)C(=O)C(=O)N2Cc2ccccn2)c1. The number of methoxy groups -OCH3 is 2. The third-order valence-electron chi connectivity index (χ3n) is 5.68. The Balaban J connectivity index is 1.88. The Morgan fingerprint density at radius 1 is 1.03 bits per heavy atom. The topological polar surface area (TPSA) is 89.0 Å². The number of aryl methyl sites for hydroxylation is 1. The second-order valence-electron chi connectivity index (χ2n) is 7.71. The van der Waals surface area contributed by atoms with Gasteiger partial charge in [-0.3, -0.25) is 14.6 Å². The van der Waals surface area contributed by atoms with Crippen molar-refractivity contribution >= 4 is 17.4 Å². The van der Waals surface area contributed by atoms with Gasteiger partial charge in [0.05, 0.1) is 38.1 Å². The van der Waals surface area contributed by atoms with Crippen molar-refractivity contribution in [2.45, 2.75) is 19.5 Å². The normalized spacial score (nSPS) is 17.3. The Kier molecular flexibility index (Phi) is 6.13. The molecule has 33 heavy (non-hydrogen) atoms. The first-order valence-corrected chi connectivity index (χ1v) is 10.4. The van der Waals surface area contributed by atoms with Gasteiger partial charge in [-0.1, -0.05) is 18.2 Å². The van der Waals surface area contributed by atoms with Crippen LogP contribution in [-0.2, 0) is 16.1 Å². The maximum Gasteiger partial charge on any atom is 0.296 e. The van der Waals surface area contributed by atoms with Crippen LogP contribution in [0.3, 0.4) is 0 Å². The molecule has 7 heteroatoms. The molecule has 1 atom stereocenters. The van der Waals surface area contributed by atoms with Crippen molar-refractivity contribution in [2.24, 2.45) is 0 Å². The molecule has 2 aromatic carbocycles. The van der Waals surface area contributed by atoms with E-state index in [-0.39, 0.29) is 17.9 Å². The lowest BCUT2D eigenvalue weighted by atomic mass is 9.94. The molecule has 1 aromatic heterocycles. The summed E-state index contributed by atoms with van der Waals surface area (Å²) in [7, 11) is 3.11. The summed E-state index contributed by atoms with van der Waals surface area (Å²) in [6, 6.07) is 16.8. The van der Waals surface area contributed by atoms with Crippen LogP contribution < -0.4 is 9.47 Å². The molecular formula is C26H24N2O5. The first-order chi connectivity index (χ1) is 15.9. The molecule has 4 rings (SSSR count). The molecule has 0 radical (unpaired) electrons. The zero-order valence-electron chi connectivity index (χ0n) is 18.6. The van der Waals surface area contributed by atoms with Crippen molar-refractivity contribution < 1.29 is 24.2 Å². The van der Waals surface area contributed by atoms with Gasteiger partial charge in [0.25, 0.3) is 11.7 Å². The van der Waals surface area contributed by atoms with Crippen LogP contribution >= 0.6 is 0 Å². The van der Waals surface area contributed by atoms with Crippen LogP contribution in [0.15, 0.2) is 72.4 Å². The number of aliphatic hydroxyl groups excluding tert-OH is 1. The zero-order chi connectivity index (χ0) is 23.5. The number of pyridine rings is 1. The monoisotopic (exact) mass is 444 g/mol. The Labute approximate surface area is 191 Å². The van der Waals surface area contributed by atoms with Gasteiger partial charge in [0.15, 0.2) is 0 Å². The maximum absolute atomic E-state index is 13.2. The highest BCUT2D eigenvalue weighted by Crippen LogP contribution is 2.41. The lowest BCUT2D eigenvalue weighted by Gasteiger charge is -2.25. The number of carbonyl (C=O) groups excluding carboxylic acids is 2. The average molecular weight is 444 g/mol. The van der Waals surface area contributed by atoms with Gasteiger partial charge in [-0.15, -0.1) is 0 Å². The van der Waals surface area contributed by atoms with Crippen molar-refractivity contribution in [1.82, 2.24) is 9.88 Å². The van der Waals surface area contributed by atoms with Crippen LogP contribution in [0.4, 0.5) is 0 Å². The number of carbonyl (C=O) groups is 2. The minimum Gasteiger partial charge on any atom is -0.507 e. The van der Waals surface area contributed by atoms with E-state index in [0.29, 0.717) is 28.3 Å². The first-order valence-electron chi connectivity index (χ1n) is 10.4. The van der Waals surface area contributed by atoms with Crippen LogP contribution in [0.2, 0.25) is 0 Å². The third-order valence-corrected chi connectivity index (χ3v) is 5.68. The highest BCUT2D eigenvalue weighted by Gasteiger charge is 2.46. The quantitative estimate of drug-likeness (QED) is 0.351. The van der Waals surface area contributed by atoms with E-state index in [9.17, 15) is 14.7 Å². The Morgan fingerprint density at radius 2 is 1.85 bits per heavy atom. The van der Waals surface area contributed by atoms with Gasteiger partial charge in [0, 0.05) is 11.8 Å². The molecule has 0 aliphatic carbocycles. The lowest BCUT2D eigenvalue weighted by Crippen LogP contribution is -2.29. The van der Waals surface area contributed by atoms with E-state index >= 15 is 0 Å². The summed E-state index contributed by atoms with van der Waals surface area (Å²) in [6.07, 6.45) is 1.63. The standard InChI is InChI=1S/C26H24N2O5/c1-16-13-18(10-11-21(16)33-3)24(29)22-23(17-7-6-9-20(14-17)32-2)28(26(31)25(22)30)15-19-8-4-5-12-27-19/h4-14,23,29H,15H2,1-3H3/b24-22-. The molecule has 1 fully saturated rings. The fourth-order valence-corrected chi connectivity index (χ4v) is 4.05. The summed E-state index contributed by atoms with van der Waals surface area (Å²) in [5, 5.41) is 11.2. The van der Waals surface area contributed by atoms with Crippen molar-refractivity contribution in [1.29, 1.82) is 0 Å². The number of nitrogens with zero attached hydrogens (tertiary/aromatic N) is 2. The van der Waals surface area contributed by atoms with Gasteiger partial charge in [-0.2, -0.15) is 0 Å². The molecule has 1 unspecified atom stereocenters. The minimum absolute atomic E-state index is 0.0220. The van der Waals surface area contributed by atoms with Crippen LogP contribution in [0.25, 0.3) is 5.76 Å². The van der Waals surface area contributed by atoms with E-state index in [1.165, 1.54) is 4.90 Å². The van der Waals surface area contributed by atoms with E-state index in [0.717, 1.165) is 5.56 Å². The minimum atomic E-state index is -0.801. The molecule has 1 aliphatic rings. The van der Waals surface area contributed by atoms with Crippen LogP contribution in [0.1, 0.15) is 28.4 Å². The van der Waals surface area contributed by atoms with E-state index < -0.39 is 17.7 Å². The molecule has 0 saturated carbocycles. The van der Waals surface area contributed by atoms with Crippen molar-refractivity contribution in [3.05, 3.63) is 94.8 Å². The molecule has 1 saturated heterocycles. The highest BCUT2D eigenvalue weighted by molar-refractivity contribution is 6.46. The number of aliphatic hydroxyl groups is 1. The summed E-state index contributed by atoms with van der Waals surface area (Å²) in [6.45, 7) is 1.96. The fourth-order valence-electron chi connectivity index (χ4n) is 4.05. The zero-order valence-corrected chi connectivity index (χ0v) is 18.6. The largest absolute Gasteiger partial charge is 0.507 e. The molecule has 3 aromatic rings. The number of rotatable bonds is 6. The molecule has 7 nitrogen and oxygen atoms in total. The summed E-state index contributed by atoms with van der Waals surface area (Å²) >= 11 is 0. The number of aromatic nitrogens is 1. The molecule has 1 aliphatic heterocycles. The number of hydrogen-bond donors (Lipinski definition) is 1. The third kappa shape index (κ3) is 4.17. The number of likely N-dealkylation sites (tertiary alicyclic amines) is 1. The van der Waals surface area contributed by atoms with Crippen LogP contribution in [0.5, 0.6) is 11.5 Å². The maximum atomic E-state index is 13.2. The summed E-state index contributed by atoms with van der Waals surface area (Å²) in [4.78, 5) is 32.0. The second-order valence-corrected chi connectivity index (χ2v) is 7.71. The van der Waals surface area contributed by atoms with Crippen LogP contribution in [-0.4, -0.2) is 40.9 Å². The number of hydrogen-bond acceptors (Lipinski definition) is 6. The van der Waals surface area contributed by atoms with Gasteiger partial charge in [-0.05, 0) is 60.5 Å². The van der Waals surface area contributed by atoms with E-state index in [1.807, 2.05) is 13.0 Å². The van der Waals surface area contributed by atoms with Gasteiger partial charge in [-0.25, -0.2) is 0 Å². The van der Waals surface area contributed by atoms with Gasteiger partial charge in [0.2, 0.25) is 0 Å². The van der Waals surface area contributed by atoms with Crippen molar-refractivity contribution in [3.8, 4) is 11.5 Å². The number of Topliss-reactive ketones (excluding diaryl/α,β-unsaturated/α-hetero) is 1. The number of benzene rings is 2. The van der Waals surface area contributed by atoms with E-state index in [2.05, 4.69) is 4.98 Å². The van der Waals surface area contributed by atoms with Gasteiger partial charge >= 0.3 is 0 Å². The fraction of sp³-hybridized carbons (Fsp3) is 0.192. The number of ketones is 1. The Morgan fingerprint density at radius 3 is 2.52 bits per heavy atom. The molecule has 1 amide bonds. The lowest BCUT2D eigenvalue weighted by molar-refractivity contribution is -0.140. The van der Waals surface area contributed by atoms with Gasteiger partial charge in [0.1, 0.15) is 17.3 Å². The van der Waals surface area contributed by atoms with Crippen LogP contribution in [0, 0.1) is 6.92 Å². The number of ether oxygens (including phenoxy) is 2. The molecule has 168 valence electrons. The first kappa shape index (κ1) is 22.1. The van der Waals surface area contributed by atoms with E-state index in [1.54, 1.807) is 75.0 Å². The van der Waals surface area contributed by atoms with Crippen molar-refractivity contribution in [2.75, 3.05) is 14.2 Å². The van der Waals surface area contributed by atoms with Gasteiger partial charge < -0.3 is 19.5 Å². The molecule has 0 bridgehead atoms. The Bertz CT molecular complexity index is 1240. The predicted molar refractivity (Wildman–Crippen MR) is 123 cm³/mol. The Hall–Kier alpha value is -4.13. The summed E-state index contributed by atoms with van der Waals surface area (Å²) in [5.74, 6) is -0.442. The second kappa shape index (κ2) is 9.16.